The summed E-state index contributed by atoms with van der Waals surface area (Å²) in [5.74, 6) is -0.240. The smallest absolute Gasteiger partial charge is 0.387 e. The summed E-state index contributed by atoms with van der Waals surface area (Å²) in [5.41, 5.74) is 1.01. The molecule has 1 amide bonds. The van der Waals surface area contributed by atoms with E-state index >= 15 is 0 Å². The maximum atomic E-state index is 12.9. The topological polar surface area (TPSA) is 84.9 Å². The summed E-state index contributed by atoms with van der Waals surface area (Å²) in [5, 5.41) is 2.75. The Morgan fingerprint density at radius 3 is 2.52 bits per heavy atom. The molecule has 1 N–H and O–H groups in total. The Morgan fingerprint density at radius 1 is 1.15 bits per heavy atom. The highest BCUT2D eigenvalue weighted by Crippen LogP contribution is 2.29. The first-order valence-corrected chi connectivity index (χ1v) is 12.2. The van der Waals surface area contributed by atoms with Gasteiger partial charge in [-0.25, -0.2) is 8.42 Å². The largest absolute Gasteiger partial charge is 0.493 e. The van der Waals surface area contributed by atoms with Crippen LogP contribution in [0.25, 0.3) is 0 Å². The highest BCUT2D eigenvalue weighted by molar-refractivity contribution is 7.89. The second-order valence-electron chi connectivity index (χ2n) is 7.85. The monoisotopic (exact) mass is 482 g/mol. The van der Waals surface area contributed by atoms with Crippen LogP contribution in [0.15, 0.2) is 47.4 Å². The molecule has 1 saturated heterocycles. The van der Waals surface area contributed by atoms with Crippen LogP contribution in [0, 0.1) is 0 Å². The molecule has 2 aromatic carbocycles. The van der Waals surface area contributed by atoms with Crippen molar-refractivity contribution < 1.29 is 31.5 Å². The Balaban J connectivity index is 1.59. The fraction of sp³-hybridized carbons (Fsp3) is 0.435. The summed E-state index contributed by atoms with van der Waals surface area (Å²) in [6.07, 6.45) is 3.08. The predicted molar refractivity (Wildman–Crippen MR) is 119 cm³/mol. The molecule has 0 aromatic heterocycles. The molecular weight excluding hydrogens is 454 g/mol. The van der Waals surface area contributed by atoms with Gasteiger partial charge in [-0.05, 0) is 68.1 Å². The molecular formula is C23H28F2N2O5S. The molecule has 1 unspecified atom stereocenters. The Labute approximate surface area is 192 Å². The van der Waals surface area contributed by atoms with E-state index < -0.39 is 16.6 Å². The first-order valence-electron chi connectivity index (χ1n) is 10.7. The number of amides is 1. The van der Waals surface area contributed by atoms with Crippen LogP contribution in [-0.2, 0) is 16.4 Å². The van der Waals surface area contributed by atoms with Crippen molar-refractivity contribution in [1.29, 1.82) is 0 Å². The van der Waals surface area contributed by atoms with Crippen molar-refractivity contribution in [2.24, 2.45) is 0 Å². The summed E-state index contributed by atoms with van der Waals surface area (Å²) in [6, 6.07) is 10.5. The van der Waals surface area contributed by atoms with E-state index in [0.29, 0.717) is 24.1 Å². The van der Waals surface area contributed by atoms with Gasteiger partial charge in [0, 0.05) is 24.7 Å². The van der Waals surface area contributed by atoms with E-state index in [-0.39, 0.29) is 34.9 Å². The van der Waals surface area contributed by atoms with Gasteiger partial charge in [0.25, 0.3) is 5.91 Å². The van der Waals surface area contributed by atoms with Crippen LogP contribution in [-0.4, -0.2) is 51.5 Å². The molecule has 7 nitrogen and oxygen atoms in total. The number of nitrogens with one attached hydrogen (secondary N) is 1. The number of piperidine rings is 1. The number of hydrogen-bond acceptors (Lipinski definition) is 5. The normalized spacial score (nSPS) is 17.1. The number of ether oxygens (including phenoxy) is 2. The van der Waals surface area contributed by atoms with E-state index in [0.717, 1.165) is 19.3 Å². The molecule has 0 saturated carbocycles. The molecule has 0 aliphatic carbocycles. The number of alkyl halides is 2. The number of carbonyl (C=O) groups excluding carboxylic acids is 1. The Morgan fingerprint density at radius 2 is 1.88 bits per heavy atom. The molecule has 1 aliphatic rings. The lowest BCUT2D eigenvalue weighted by Gasteiger charge is -2.32. The Hall–Kier alpha value is -2.72. The van der Waals surface area contributed by atoms with Gasteiger partial charge in [-0.15, -0.1) is 0 Å². The van der Waals surface area contributed by atoms with E-state index in [9.17, 15) is 22.0 Å². The molecule has 1 fully saturated rings. The molecule has 180 valence electrons. The van der Waals surface area contributed by atoms with Crippen LogP contribution in [0.4, 0.5) is 8.78 Å². The standard InChI is InChI=1S/C23H28F2N2O5S/c1-16-5-3-4-14-27(16)33(29,30)19-9-7-18(8-10-19)22(28)26-13-12-17-6-11-20(31-2)21(15-17)32-23(24)25/h6-11,15-16,23H,3-5,12-14H2,1-2H3,(H,26,28). The van der Waals surface area contributed by atoms with Crippen LogP contribution in [0.2, 0.25) is 0 Å². The molecule has 10 heteroatoms. The minimum absolute atomic E-state index is 0.0451. The van der Waals surface area contributed by atoms with E-state index in [1.807, 2.05) is 6.92 Å². The second kappa shape index (κ2) is 10.9. The van der Waals surface area contributed by atoms with E-state index in [2.05, 4.69) is 10.1 Å². The zero-order valence-electron chi connectivity index (χ0n) is 18.6. The fourth-order valence-corrected chi connectivity index (χ4v) is 5.53. The van der Waals surface area contributed by atoms with E-state index in [4.69, 9.17) is 4.74 Å². The maximum Gasteiger partial charge on any atom is 0.387 e. The van der Waals surface area contributed by atoms with Gasteiger partial charge < -0.3 is 14.8 Å². The van der Waals surface area contributed by atoms with Crippen molar-refractivity contribution in [3.05, 3.63) is 53.6 Å². The highest BCUT2D eigenvalue weighted by atomic mass is 32.2. The third-order valence-corrected chi connectivity index (χ3v) is 7.64. The van der Waals surface area contributed by atoms with Crippen LogP contribution >= 0.6 is 0 Å². The molecule has 1 atom stereocenters. The van der Waals surface area contributed by atoms with Gasteiger partial charge in [-0.1, -0.05) is 12.5 Å². The highest BCUT2D eigenvalue weighted by Gasteiger charge is 2.30. The van der Waals surface area contributed by atoms with Crippen molar-refractivity contribution in [2.75, 3.05) is 20.2 Å². The van der Waals surface area contributed by atoms with Gasteiger partial charge in [0.15, 0.2) is 11.5 Å². The van der Waals surface area contributed by atoms with Gasteiger partial charge in [-0.2, -0.15) is 13.1 Å². The summed E-state index contributed by atoms with van der Waals surface area (Å²) < 4.78 is 61.9. The zero-order valence-corrected chi connectivity index (χ0v) is 19.4. The number of benzene rings is 2. The van der Waals surface area contributed by atoms with Crippen molar-refractivity contribution >= 4 is 15.9 Å². The van der Waals surface area contributed by atoms with Crippen molar-refractivity contribution in [3.63, 3.8) is 0 Å². The van der Waals surface area contributed by atoms with Crippen LogP contribution in [0.5, 0.6) is 11.5 Å². The molecule has 2 aromatic rings. The number of rotatable bonds is 9. The summed E-state index contributed by atoms with van der Waals surface area (Å²) in [6.45, 7) is -0.311. The molecule has 1 heterocycles. The molecule has 0 bridgehead atoms. The number of hydrogen-bond donors (Lipinski definition) is 1. The second-order valence-corrected chi connectivity index (χ2v) is 9.75. The molecule has 3 rings (SSSR count). The average Bonchev–Trinajstić information content (AvgIpc) is 2.79. The van der Waals surface area contributed by atoms with Crippen molar-refractivity contribution in [3.8, 4) is 11.5 Å². The van der Waals surface area contributed by atoms with Crippen LogP contribution < -0.4 is 14.8 Å². The maximum absolute atomic E-state index is 12.9. The summed E-state index contributed by atoms with van der Waals surface area (Å²) in [7, 11) is -2.24. The number of sulfonamides is 1. The molecule has 0 spiro atoms. The number of nitrogens with zero attached hydrogens (tertiary/aromatic N) is 1. The predicted octanol–water partition coefficient (Wildman–Crippen LogP) is 3.83. The third kappa shape index (κ3) is 6.20. The van der Waals surface area contributed by atoms with Gasteiger partial charge in [0.2, 0.25) is 10.0 Å². The number of carbonyl (C=O) groups is 1. The van der Waals surface area contributed by atoms with Gasteiger partial charge in [0.05, 0.1) is 12.0 Å². The third-order valence-electron chi connectivity index (χ3n) is 5.61. The van der Waals surface area contributed by atoms with Crippen molar-refractivity contribution in [1.82, 2.24) is 9.62 Å². The van der Waals surface area contributed by atoms with Gasteiger partial charge >= 0.3 is 6.61 Å². The van der Waals surface area contributed by atoms with Crippen LogP contribution in [0.3, 0.4) is 0 Å². The minimum atomic E-state index is -3.60. The molecule has 1 aliphatic heterocycles. The lowest BCUT2D eigenvalue weighted by molar-refractivity contribution is -0.0512. The lowest BCUT2D eigenvalue weighted by Crippen LogP contribution is -2.41. The zero-order chi connectivity index (χ0) is 24.0. The molecule has 33 heavy (non-hydrogen) atoms. The first kappa shape index (κ1) is 24.9. The quantitative estimate of drug-likeness (QED) is 0.587. The van der Waals surface area contributed by atoms with E-state index in [1.54, 1.807) is 6.07 Å². The Kier molecular flexibility index (Phi) is 8.25. The Bertz CT molecular complexity index is 1060. The fourth-order valence-electron chi connectivity index (χ4n) is 3.83. The van der Waals surface area contributed by atoms with Crippen LogP contribution in [0.1, 0.15) is 42.1 Å². The summed E-state index contributed by atoms with van der Waals surface area (Å²) >= 11 is 0. The van der Waals surface area contributed by atoms with E-state index in [1.165, 1.54) is 47.8 Å². The first-order chi connectivity index (χ1) is 15.7. The van der Waals surface area contributed by atoms with Gasteiger partial charge in [-0.3, -0.25) is 4.79 Å². The van der Waals surface area contributed by atoms with Gasteiger partial charge in [0.1, 0.15) is 0 Å². The SMILES string of the molecule is COc1ccc(CCNC(=O)c2ccc(S(=O)(=O)N3CCCCC3C)cc2)cc1OC(F)F. The summed E-state index contributed by atoms with van der Waals surface area (Å²) in [4.78, 5) is 12.6. The molecule has 0 radical (unpaired) electrons. The number of methoxy groups -OCH3 is 1. The minimum Gasteiger partial charge on any atom is -0.493 e. The average molecular weight is 483 g/mol. The number of halogens is 2. The lowest BCUT2D eigenvalue weighted by atomic mass is 10.1. The van der Waals surface area contributed by atoms with Crippen molar-refractivity contribution in [2.45, 2.75) is 50.2 Å².